The van der Waals surface area contributed by atoms with Gasteiger partial charge in [0.2, 0.25) is 5.95 Å². The second-order valence-corrected chi connectivity index (χ2v) is 6.33. The van der Waals surface area contributed by atoms with Crippen molar-refractivity contribution in [3.05, 3.63) is 35.5 Å². The van der Waals surface area contributed by atoms with Gasteiger partial charge in [0.1, 0.15) is 0 Å². The van der Waals surface area contributed by atoms with Gasteiger partial charge in [-0.3, -0.25) is 4.90 Å². The molecule has 26 heavy (non-hydrogen) atoms. The highest BCUT2D eigenvalue weighted by molar-refractivity contribution is 5.64. The quantitative estimate of drug-likeness (QED) is 0.752. The van der Waals surface area contributed by atoms with Crippen LogP contribution in [0.2, 0.25) is 0 Å². The van der Waals surface area contributed by atoms with E-state index in [4.69, 9.17) is 4.74 Å². The maximum absolute atomic E-state index is 5.37. The summed E-state index contributed by atoms with van der Waals surface area (Å²) in [7, 11) is 0. The van der Waals surface area contributed by atoms with Crippen LogP contribution in [-0.2, 0) is 17.6 Å². The lowest BCUT2D eigenvalue weighted by atomic mass is 10.0. The van der Waals surface area contributed by atoms with Gasteiger partial charge >= 0.3 is 0 Å². The van der Waals surface area contributed by atoms with E-state index in [2.05, 4.69) is 62.8 Å². The minimum atomic E-state index is 0.525. The third-order valence-electron chi connectivity index (χ3n) is 4.63. The molecule has 0 amide bonds. The van der Waals surface area contributed by atoms with Crippen molar-refractivity contribution >= 4 is 17.5 Å². The van der Waals surface area contributed by atoms with Gasteiger partial charge < -0.3 is 15.4 Å². The van der Waals surface area contributed by atoms with Crippen molar-refractivity contribution in [2.45, 2.75) is 26.7 Å². The fourth-order valence-electron chi connectivity index (χ4n) is 3.12. The van der Waals surface area contributed by atoms with Gasteiger partial charge in [-0.25, -0.2) is 0 Å². The molecular formula is C19H28N6O. The highest BCUT2D eigenvalue weighted by Crippen LogP contribution is 2.25. The van der Waals surface area contributed by atoms with E-state index in [9.17, 15) is 0 Å². The predicted molar refractivity (Wildman–Crippen MR) is 104 cm³/mol. The summed E-state index contributed by atoms with van der Waals surface area (Å²) in [5, 5.41) is 14.9. The van der Waals surface area contributed by atoms with Crippen LogP contribution in [-0.4, -0.2) is 59.5 Å². The van der Waals surface area contributed by atoms with Crippen molar-refractivity contribution in [3.63, 3.8) is 0 Å². The zero-order valence-electron chi connectivity index (χ0n) is 15.7. The molecule has 1 saturated heterocycles. The Morgan fingerprint density at radius 1 is 1.12 bits per heavy atom. The summed E-state index contributed by atoms with van der Waals surface area (Å²) >= 11 is 0. The average molecular weight is 356 g/mol. The van der Waals surface area contributed by atoms with Crippen molar-refractivity contribution in [1.82, 2.24) is 20.1 Å². The van der Waals surface area contributed by atoms with Gasteiger partial charge in [-0.1, -0.05) is 32.0 Å². The van der Waals surface area contributed by atoms with Crippen molar-refractivity contribution in [2.75, 3.05) is 50.0 Å². The number of hydrogen-bond acceptors (Lipinski definition) is 7. The lowest BCUT2D eigenvalue weighted by Crippen LogP contribution is -2.39. The van der Waals surface area contributed by atoms with Crippen LogP contribution < -0.4 is 10.6 Å². The molecule has 2 N–H and O–H groups in total. The molecule has 2 aromatic rings. The fraction of sp³-hybridized carbons (Fsp3) is 0.526. The van der Waals surface area contributed by atoms with E-state index in [1.807, 2.05) is 0 Å². The number of para-hydroxylation sites is 1. The summed E-state index contributed by atoms with van der Waals surface area (Å²) in [6, 6.07) is 6.38. The number of aryl methyl sites for hydroxylation is 2. The zero-order chi connectivity index (χ0) is 18.2. The maximum atomic E-state index is 5.37. The van der Waals surface area contributed by atoms with Crippen LogP contribution >= 0.6 is 0 Å². The summed E-state index contributed by atoms with van der Waals surface area (Å²) in [5.74, 6) is 1.26. The Kier molecular flexibility index (Phi) is 6.74. The third kappa shape index (κ3) is 4.89. The van der Waals surface area contributed by atoms with Gasteiger partial charge in [-0.05, 0) is 24.0 Å². The normalized spacial score (nSPS) is 15.0. The monoisotopic (exact) mass is 356 g/mol. The minimum Gasteiger partial charge on any atom is -0.379 e. The molecular weight excluding hydrogens is 328 g/mol. The number of morpholine rings is 1. The van der Waals surface area contributed by atoms with Crippen LogP contribution in [0.4, 0.5) is 17.5 Å². The number of aromatic nitrogens is 3. The van der Waals surface area contributed by atoms with Crippen molar-refractivity contribution in [3.8, 4) is 0 Å². The molecule has 0 saturated carbocycles. The zero-order valence-corrected chi connectivity index (χ0v) is 15.7. The Morgan fingerprint density at radius 2 is 1.85 bits per heavy atom. The first-order valence-electron chi connectivity index (χ1n) is 9.41. The van der Waals surface area contributed by atoms with E-state index >= 15 is 0 Å². The van der Waals surface area contributed by atoms with E-state index < -0.39 is 0 Å². The third-order valence-corrected chi connectivity index (χ3v) is 4.63. The average Bonchev–Trinajstić information content (AvgIpc) is 2.69. The van der Waals surface area contributed by atoms with Gasteiger partial charge in [-0.15, -0.1) is 5.10 Å². The van der Waals surface area contributed by atoms with E-state index in [0.29, 0.717) is 5.95 Å². The molecule has 0 bridgehead atoms. The Bertz CT molecular complexity index is 680. The Morgan fingerprint density at radius 3 is 2.54 bits per heavy atom. The molecule has 2 heterocycles. The number of nitrogens with zero attached hydrogens (tertiary/aromatic N) is 4. The van der Waals surface area contributed by atoms with E-state index in [0.717, 1.165) is 63.7 Å². The molecule has 1 aliphatic heterocycles. The van der Waals surface area contributed by atoms with Gasteiger partial charge in [0.05, 0.1) is 19.4 Å². The minimum absolute atomic E-state index is 0.525. The molecule has 1 aromatic heterocycles. The summed E-state index contributed by atoms with van der Waals surface area (Å²) in [5.41, 5.74) is 3.63. The molecule has 140 valence electrons. The second-order valence-electron chi connectivity index (χ2n) is 6.33. The maximum Gasteiger partial charge on any atom is 0.249 e. The Hall–Kier alpha value is -2.25. The highest BCUT2D eigenvalue weighted by atomic mass is 16.5. The Balaban J connectivity index is 1.62. The molecule has 0 spiro atoms. The van der Waals surface area contributed by atoms with Crippen LogP contribution in [0.15, 0.2) is 24.4 Å². The first-order chi connectivity index (χ1) is 12.8. The molecule has 7 nitrogen and oxygen atoms in total. The van der Waals surface area contributed by atoms with Crippen LogP contribution in [0.3, 0.4) is 0 Å². The van der Waals surface area contributed by atoms with E-state index in [1.54, 1.807) is 6.20 Å². The summed E-state index contributed by atoms with van der Waals surface area (Å²) < 4.78 is 5.37. The number of ether oxygens (including phenoxy) is 1. The summed E-state index contributed by atoms with van der Waals surface area (Å²) in [6.07, 6.45) is 3.58. The lowest BCUT2D eigenvalue weighted by Gasteiger charge is -2.26. The standard InChI is InChI=1S/C19H28N6O/c1-3-15-6-5-7-16(4-2)18(15)23-19-22-17(14-21-24-19)20-8-9-25-10-12-26-13-11-25/h5-7,14H,3-4,8-13H2,1-2H3,(H2,20,22,23,24). The Labute approximate surface area is 155 Å². The van der Waals surface area contributed by atoms with Gasteiger partial charge in [0, 0.05) is 31.9 Å². The van der Waals surface area contributed by atoms with Crippen LogP contribution in [0.5, 0.6) is 0 Å². The molecule has 7 heteroatoms. The smallest absolute Gasteiger partial charge is 0.249 e. The molecule has 0 unspecified atom stereocenters. The van der Waals surface area contributed by atoms with Gasteiger partial charge in [0.25, 0.3) is 0 Å². The molecule has 1 fully saturated rings. The number of rotatable bonds is 8. The largest absolute Gasteiger partial charge is 0.379 e. The van der Waals surface area contributed by atoms with Crippen molar-refractivity contribution in [1.29, 1.82) is 0 Å². The number of nitrogens with one attached hydrogen (secondary N) is 2. The highest BCUT2D eigenvalue weighted by Gasteiger charge is 2.11. The molecule has 3 rings (SSSR count). The number of benzene rings is 1. The lowest BCUT2D eigenvalue weighted by molar-refractivity contribution is 0.0398. The molecule has 0 aliphatic carbocycles. The molecule has 1 aliphatic rings. The number of anilines is 3. The van der Waals surface area contributed by atoms with Crippen LogP contribution in [0.25, 0.3) is 0 Å². The van der Waals surface area contributed by atoms with Crippen molar-refractivity contribution in [2.24, 2.45) is 0 Å². The second kappa shape index (κ2) is 9.45. The van der Waals surface area contributed by atoms with Gasteiger partial charge in [-0.2, -0.15) is 10.1 Å². The SMILES string of the molecule is CCc1cccc(CC)c1Nc1nncc(NCCN2CCOCC2)n1. The summed E-state index contributed by atoms with van der Waals surface area (Å²) in [6.45, 7) is 9.72. The first kappa shape index (κ1) is 18.5. The van der Waals surface area contributed by atoms with E-state index in [1.165, 1.54) is 11.1 Å². The predicted octanol–water partition coefficient (Wildman–Crippen LogP) is 2.48. The molecule has 0 radical (unpaired) electrons. The topological polar surface area (TPSA) is 75.2 Å². The van der Waals surface area contributed by atoms with Crippen LogP contribution in [0, 0.1) is 0 Å². The fourth-order valence-corrected chi connectivity index (χ4v) is 3.12. The van der Waals surface area contributed by atoms with Crippen molar-refractivity contribution < 1.29 is 4.74 Å². The van der Waals surface area contributed by atoms with E-state index in [-0.39, 0.29) is 0 Å². The summed E-state index contributed by atoms with van der Waals surface area (Å²) in [4.78, 5) is 6.95. The molecule has 0 atom stereocenters. The van der Waals surface area contributed by atoms with Gasteiger partial charge in [0.15, 0.2) is 5.82 Å². The van der Waals surface area contributed by atoms with Crippen LogP contribution in [0.1, 0.15) is 25.0 Å². The number of hydrogen-bond donors (Lipinski definition) is 2. The first-order valence-corrected chi connectivity index (χ1v) is 9.41. The molecule has 1 aromatic carbocycles.